The Balaban J connectivity index is 3.55. The molecule has 2 unspecified atom stereocenters. The lowest BCUT2D eigenvalue weighted by Gasteiger charge is -2.19. The first-order valence-corrected chi connectivity index (χ1v) is 22.9. The lowest BCUT2D eigenvalue weighted by Crippen LogP contribution is -2.45. The van der Waals surface area contributed by atoms with Crippen LogP contribution in [0.2, 0.25) is 0 Å². The molecule has 304 valence electrons. The summed E-state index contributed by atoms with van der Waals surface area (Å²) < 4.78 is 0. The van der Waals surface area contributed by atoms with Gasteiger partial charge in [-0.1, -0.05) is 210 Å². The highest BCUT2D eigenvalue weighted by molar-refractivity contribution is 5.76. The van der Waals surface area contributed by atoms with Gasteiger partial charge in [0.15, 0.2) is 0 Å². The third-order valence-corrected chi connectivity index (χ3v) is 10.2. The second kappa shape index (κ2) is 43.8. The highest BCUT2D eigenvalue weighted by Gasteiger charge is 2.17. The zero-order chi connectivity index (χ0) is 37.8. The summed E-state index contributed by atoms with van der Waals surface area (Å²) in [5.74, 6) is -0.0910. The van der Waals surface area contributed by atoms with Crippen LogP contribution >= 0.6 is 0 Å². The summed E-state index contributed by atoms with van der Waals surface area (Å²) in [6.07, 6.45) is 59.7. The zero-order valence-corrected chi connectivity index (χ0v) is 34.8. The number of allylic oxidation sites excluding steroid dienone is 7. The van der Waals surface area contributed by atoms with Crippen molar-refractivity contribution >= 4 is 5.91 Å². The van der Waals surface area contributed by atoms with E-state index in [0.717, 1.165) is 51.4 Å². The maximum absolute atomic E-state index is 12.3. The van der Waals surface area contributed by atoms with E-state index in [9.17, 15) is 15.0 Å². The molecule has 3 N–H and O–H groups in total. The Morgan fingerprint density at radius 2 is 0.788 bits per heavy atom. The standard InChI is InChI=1S/C48H89NO3/c1-3-5-7-9-11-13-15-16-17-18-19-20-21-22-23-24-25-26-27-28-29-30-31-32-33-34-35-37-39-41-43-47(51)46(45-50)49-48(52)44-42-40-38-36-14-12-10-8-6-4-2/h8,10,30-31,34-35,41,43,46-47,50-51H,3-7,9,11-29,32-33,36-40,42,44-45H2,1-2H3,(H,49,52)/b10-8-,31-30+,35-34+,43-41+. The van der Waals surface area contributed by atoms with E-state index >= 15 is 0 Å². The van der Waals surface area contributed by atoms with Gasteiger partial charge < -0.3 is 15.5 Å². The molecular formula is C48H89NO3. The van der Waals surface area contributed by atoms with E-state index in [1.54, 1.807) is 6.08 Å². The lowest BCUT2D eigenvalue weighted by atomic mass is 10.0. The maximum Gasteiger partial charge on any atom is 0.220 e. The highest BCUT2D eigenvalue weighted by Crippen LogP contribution is 2.15. The van der Waals surface area contributed by atoms with Crippen LogP contribution in [0.4, 0.5) is 0 Å². The Labute approximate surface area is 324 Å². The molecule has 0 aliphatic heterocycles. The van der Waals surface area contributed by atoms with E-state index in [2.05, 4.69) is 55.6 Å². The van der Waals surface area contributed by atoms with Crippen LogP contribution in [0.3, 0.4) is 0 Å². The van der Waals surface area contributed by atoms with Crippen molar-refractivity contribution in [3.63, 3.8) is 0 Å². The first-order chi connectivity index (χ1) is 25.7. The smallest absolute Gasteiger partial charge is 0.220 e. The summed E-state index contributed by atoms with van der Waals surface area (Å²) in [7, 11) is 0. The van der Waals surface area contributed by atoms with Crippen molar-refractivity contribution in [3.8, 4) is 0 Å². The third-order valence-electron chi connectivity index (χ3n) is 10.2. The number of aliphatic hydroxyl groups is 2. The van der Waals surface area contributed by atoms with Gasteiger partial charge in [0.05, 0.1) is 18.8 Å². The largest absolute Gasteiger partial charge is 0.394 e. The summed E-state index contributed by atoms with van der Waals surface area (Å²) in [4.78, 5) is 12.3. The Kier molecular flexibility index (Phi) is 42.4. The number of carbonyl (C=O) groups excluding carboxylic acids is 1. The number of hydrogen-bond acceptors (Lipinski definition) is 3. The molecule has 0 radical (unpaired) electrons. The topological polar surface area (TPSA) is 69.6 Å². The number of rotatable bonds is 41. The van der Waals surface area contributed by atoms with E-state index in [1.807, 2.05) is 6.08 Å². The molecule has 4 nitrogen and oxygen atoms in total. The number of hydrogen-bond donors (Lipinski definition) is 3. The number of unbranched alkanes of at least 4 members (excludes halogenated alkanes) is 28. The van der Waals surface area contributed by atoms with Crippen LogP contribution in [0.1, 0.15) is 232 Å². The molecule has 0 bridgehead atoms. The minimum absolute atomic E-state index is 0.0910. The van der Waals surface area contributed by atoms with Crippen LogP contribution in [0.15, 0.2) is 48.6 Å². The predicted molar refractivity (Wildman–Crippen MR) is 230 cm³/mol. The quantitative estimate of drug-likeness (QED) is 0.0434. The van der Waals surface area contributed by atoms with Crippen molar-refractivity contribution in [2.45, 2.75) is 244 Å². The van der Waals surface area contributed by atoms with Crippen LogP contribution < -0.4 is 5.32 Å². The maximum atomic E-state index is 12.3. The van der Waals surface area contributed by atoms with Gasteiger partial charge in [0.2, 0.25) is 5.91 Å². The van der Waals surface area contributed by atoms with Gasteiger partial charge in [0, 0.05) is 6.42 Å². The van der Waals surface area contributed by atoms with Crippen LogP contribution in [-0.2, 0) is 4.79 Å². The number of nitrogens with one attached hydrogen (secondary N) is 1. The summed E-state index contributed by atoms with van der Waals surface area (Å²) in [6, 6.07) is -0.648. The van der Waals surface area contributed by atoms with Gasteiger partial charge in [-0.15, -0.1) is 0 Å². The molecule has 0 aliphatic rings. The number of carbonyl (C=O) groups is 1. The molecule has 1 amide bonds. The summed E-state index contributed by atoms with van der Waals surface area (Å²) in [5.41, 5.74) is 0. The van der Waals surface area contributed by atoms with Gasteiger partial charge in [0.25, 0.3) is 0 Å². The van der Waals surface area contributed by atoms with Crippen molar-refractivity contribution in [1.29, 1.82) is 0 Å². The zero-order valence-electron chi connectivity index (χ0n) is 34.8. The van der Waals surface area contributed by atoms with E-state index in [-0.39, 0.29) is 12.5 Å². The van der Waals surface area contributed by atoms with Gasteiger partial charge in [-0.3, -0.25) is 4.79 Å². The Morgan fingerprint density at radius 1 is 0.442 bits per heavy atom. The molecule has 0 saturated carbocycles. The van der Waals surface area contributed by atoms with Gasteiger partial charge in [-0.25, -0.2) is 0 Å². The molecule has 52 heavy (non-hydrogen) atoms. The molecule has 0 saturated heterocycles. The normalized spacial score (nSPS) is 13.4. The lowest BCUT2D eigenvalue weighted by molar-refractivity contribution is -0.123. The SMILES string of the molecule is CCC/C=C\CCCCCCCC(=O)NC(CO)C(O)/C=C/CC/C=C/CC/C=C/CCCCCCCCCCCCCCCCCCCCCC. The van der Waals surface area contributed by atoms with Crippen LogP contribution in [-0.4, -0.2) is 34.9 Å². The summed E-state index contributed by atoms with van der Waals surface area (Å²) >= 11 is 0. The average molecular weight is 728 g/mol. The fourth-order valence-corrected chi connectivity index (χ4v) is 6.74. The average Bonchev–Trinajstić information content (AvgIpc) is 3.15. The fourth-order valence-electron chi connectivity index (χ4n) is 6.74. The molecule has 0 fully saturated rings. The Morgan fingerprint density at radius 3 is 1.19 bits per heavy atom. The molecule has 0 aliphatic carbocycles. The minimum Gasteiger partial charge on any atom is -0.394 e. The molecule has 0 aromatic heterocycles. The van der Waals surface area contributed by atoms with Crippen LogP contribution in [0, 0.1) is 0 Å². The molecule has 0 spiro atoms. The second-order valence-corrected chi connectivity index (χ2v) is 15.4. The summed E-state index contributed by atoms with van der Waals surface area (Å²) in [6.45, 7) is 4.23. The number of amides is 1. The fraction of sp³-hybridized carbons (Fsp3) is 0.812. The van der Waals surface area contributed by atoms with Gasteiger partial charge in [0.1, 0.15) is 0 Å². The monoisotopic (exact) mass is 728 g/mol. The molecular weight excluding hydrogens is 639 g/mol. The number of aliphatic hydroxyl groups excluding tert-OH is 2. The molecule has 0 heterocycles. The van der Waals surface area contributed by atoms with E-state index in [0.29, 0.717) is 6.42 Å². The third kappa shape index (κ3) is 39.6. The van der Waals surface area contributed by atoms with E-state index in [4.69, 9.17) is 0 Å². The molecule has 0 rings (SSSR count). The predicted octanol–water partition coefficient (Wildman–Crippen LogP) is 14.4. The second-order valence-electron chi connectivity index (χ2n) is 15.4. The van der Waals surface area contributed by atoms with Crippen LogP contribution in [0.5, 0.6) is 0 Å². The molecule has 0 aromatic rings. The van der Waals surface area contributed by atoms with Crippen LogP contribution in [0.25, 0.3) is 0 Å². The summed E-state index contributed by atoms with van der Waals surface area (Å²) in [5, 5.41) is 22.9. The van der Waals surface area contributed by atoms with E-state index in [1.165, 1.54) is 161 Å². The van der Waals surface area contributed by atoms with Gasteiger partial charge in [-0.05, 0) is 64.2 Å². The molecule has 0 aromatic carbocycles. The molecule has 2 atom stereocenters. The first-order valence-electron chi connectivity index (χ1n) is 22.9. The van der Waals surface area contributed by atoms with Crippen molar-refractivity contribution in [3.05, 3.63) is 48.6 Å². The molecule has 4 heteroatoms. The Bertz CT molecular complexity index is 831. The highest BCUT2D eigenvalue weighted by atomic mass is 16.3. The first kappa shape index (κ1) is 50.4. The Hall–Kier alpha value is -1.65. The van der Waals surface area contributed by atoms with Crippen molar-refractivity contribution in [2.75, 3.05) is 6.61 Å². The van der Waals surface area contributed by atoms with Crippen molar-refractivity contribution < 1.29 is 15.0 Å². The van der Waals surface area contributed by atoms with E-state index < -0.39 is 12.1 Å². The van der Waals surface area contributed by atoms with Gasteiger partial charge in [-0.2, -0.15) is 0 Å². The van der Waals surface area contributed by atoms with Crippen molar-refractivity contribution in [1.82, 2.24) is 5.32 Å². The van der Waals surface area contributed by atoms with Gasteiger partial charge >= 0.3 is 0 Å². The minimum atomic E-state index is -0.873. The van der Waals surface area contributed by atoms with Crippen molar-refractivity contribution in [2.24, 2.45) is 0 Å².